The molecule has 0 bridgehead atoms. The molecule has 0 aliphatic carbocycles. The second kappa shape index (κ2) is 4.95. The van der Waals surface area contributed by atoms with Crippen molar-refractivity contribution in [3.63, 3.8) is 0 Å². The van der Waals surface area contributed by atoms with Crippen LogP contribution in [0, 0.1) is 0 Å². The van der Waals surface area contributed by atoms with Crippen LogP contribution in [-0.2, 0) is 0 Å². The fourth-order valence-corrected chi connectivity index (χ4v) is 2.73. The van der Waals surface area contributed by atoms with Gasteiger partial charge in [-0.25, -0.2) is 4.98 Å². The van der Waals surface area contributed by atoms with E-state index in [9.17, 15) is 0 Å². The SMILES string of the molecule is c1cnc2ccc(-n3nnc4ccc(-c5cn[nH]c5)nc43)cc2c1. The van der Waals surface area contributed by atoms with Crippen LogP contribution in [0.1, 0.15) is 0 Å². The molecule has 7 heteroatoms. The van der Waals surface area contributed by atoms with Crippen molar-refractivity contribution < 1.29 is 0 Å². The number of pyridine rings is 2. The second-order valence-electron chi connectivity index (χ2n) is 5.41. The molecule has 0 saturated heterocycles. The Morgan fingerprint density at radius 3 is 2.88 bits per heavy atom. The van der Waals surface area contributed by atoms with Crippen molar-refractivity contribution >= 4 is 22.1 Å². The Kier molecular flexibility index (Phi) is 2.66. The third-order valence-electron chi connectivity index (χ3n) is 3.92. The Balaban J connectivity index is 1.71. The fraction of sp³-hybridized carbons (Fsp3) is 0. The van der Waals surface area contributed by atoms with Crippen LogP contribution in [0.2, 0.25) is 0 Å². The largest absolute Gasteiger partial charge is 0.285 e. The molecule has 0 aliphatic rings. The number of hydrogen-bond donors (Lipinski definition) is 1. The van der Waals surface area contributed by atoms with Gasteiger partial charge >= 0.3 is 0 Å². The molecule has 4 heterocycles. The minimum atomic E-state index is 0.706. The third-order valence-corrected chi connectivity index (χ3v) is 3.92. The van der Waals surface area contributed by atoms with E-state index in [1.807, 2.05) is 48.7 Å². The van der Waals surface area contributed by atoms with E-state index in [2.05, 4.69) is 25.5 Å². The Morgan fingerprint density at radius 2 is 1.96 bits per heavy atom. The van der Waals surface area contributed by atoms with Crippen molar-refractivity contribution in [1.82, 2.24) is 35.2 Å². The minimum absolute atomic E-state index is 0.706. The first kappa shape index (κ1) is 12.9. The highest BCUT2D eigenvalue weighted by atomic mass is 15.4. The van der Waals surface area contributed by atoms with Gasteiger partial charge in [-0.3, -0.25) is 10.1 Å². The lowest BCUT2D eigenvalue weighted by atomic mass is 10.2. The molecule has 5 aromatic rings. The van der Waals surface area contributed by atoms with E-state index in [1.54, 1.807) is 17.1 Å². The van der Waals surface area contributed by atoms with Crippen molar-refractivity contribution in [1.29, 1.82) is 0 Å². The van der Waals surface area contributed by atoms with E-state index in [-0.39, 0.29) is 0 Å². The number of nitrogens with one attached hydrogen (secondary N) is 1. The van der Waals surface area contributed by atoms with E-state index < -0.39 is 0 Å². The maximum absolute atomic E-state index is 4.70. The smallest absolute Gasteiger partial charge is 0.184 e. The first-order valence-electron chi connectivity index (χ1n) is 7.45. The maximum atomic E-state index is 4.70. The molecule has 5 rings (SSSR count). The zero-order chi connectivity index (χ0) is 15.9. The van der Waals surface area contributed by atoms with Crippen LogP contribution in [0.25, 0.3) is 39.0 Å². The standard InChI is InChI=1S/C17H11N7/c1-2-11-8-13(3-4-14(11)18-7-1)24-17-16(22-23-24)6-5-15(21-17)12-9-19-20-10-12/h1-10H,(H,19,20). The van der Waals surface area contributed by atoms with Crippen LogP contribution in [0.5, 0.6) is 0 Å². The van der Waals surface area contributed by atoms with Crippen molar-refractivity contribution in [2.75, 3.05) is 0 Å². The predicted octanol–water partition coefficient (Wildman–Crippen LogP) is 2.75. The number of aromatic amines is 1. The lowest BCUT2D eigenvalue weighted by Crippen LogP contribution is -1.98. The van der Waals surface area contributed by atoms with Gasteiger partial charge in [-0.15, -0.1) is 5.10 Å². The molecule has 114 valence electrons. The number of H-pyrrole nitrogens is 1. The molecule has 0 spiro atoms. The van der Waals surface area contributed by atoms with Crippen molar-refractivity contribution in [3.05, 3.63) is 61.1 Å². The number of rotatable bonds is 2. The van der Waals surface area contributed by atoms with E-state index in [0.717, 1.165) is 33.4 Å². The maximum Gasteiger partial charge on any atom is 0.184 e. The molecule has 4 aromatic heterocycles. The number of benzene rings is 1. The summed E-state index contributed by atoms with van der Waals surface area (Å²) in [7, 11) is 0. The van der Waals surface area contributed by atoms with Crippen LogP contribution >= 0.6 is 0 Å². The molecule has 1 aromatic carbocycles. The van der Waals surface area contributed by atoms with Gasteiger partial charge in [-0.1, -0.05) is 11.3 Å². The summed E-state index contributed by atoms with van der Waals surface area (Å²) in [6.07, 6.45) is 5.33. The number of fused-ring (bicyclic) bond motifs is 2. The average Bonchev–Trinajstić information content (AvgIpc) is 3.30. The normalized spacial score (nSPS) is 11.3. The Labute approximate surface area is 136 Å². The molecule has 24 heavy (non-hydrogen) atoms. The Morgan fingerprint density at radius 1 is 1.00 bits per heavy atom. The fourth-order valence-electron chi connectivity index (χ4n) is 2.73. The van der Waals surface area contributed by atoms with E-state index in [0.29, 0.717) is 5.65 Å². The molecule has 0 aliphatic heterocycles. The van der Waals surface area contributed by atoms with Crippen molar-refractivity contribution in [2.45, 2.75) is 0 Å². The number of hydrogen-bond acceptors (Lipinski definition) is 5. The number of aromatic nitrogens is 7. The van der Waals surface area contributed by atoms with E-state index >= 15 is 0 Å². The molecule has 1 N–H and O–H groups in total. The quantitative estimate of drug-likeness (QED) is 0.541. The predicted molar refractivity (Wildman–Crippen MR) is 89.5 cm³/mol. The molecular formula is C17H11N7. The van der Waals surface area contributed by atoms with Gasteiger partial charge in [0.25, 0.3) is 0 Å². The van der Waals surface area contributed by atoms with Crippen molar-refractivity contribution in [2.24, 2.45) is 0 Å². The summed E-state index contributed by atoms with van der Waals surface area (Å²) in [5.74, 6) is 0. The summed E-state index contributed by atoms with van der Waals surface area (Å²) >= 11 is 0. The first-order chi connectivity index (χ1) is 11.9. The first-order valence-corrected chi connectivity index (χ1v) is 7.45. The lowest BCUT2D eigenvalue weighted by molar-refractivity contribution is 0.818. The summed E-state index contributed by atoms with van der Waals surface area (Å²) in [5.41, 5.74) is 5.03. The van der Waals surface area contributed by atoms with Gasteiger partial charge in [0.15, 0.2) is 5.65 Å². The molecule has 0 atom stereocenters. The zero-order valence-corrected chi connectivity index (χ0v) is 12.5. The molecule has 7 nitrogen and oxygen atoms in total. The lowest BCUT2D eigenvalue weighted by Gasteiger charge is -2.04. The van der Waals surface area contributed by atoms with E-state index in [4.69, 9.17) is 4.98 Å². The highest BCUT2D eigenvalue weighted by Crippen LogP contribution is 2.22. The van der Waals surface area contributed by atoms with Gasteiger partial charge in [0.05, 0.1) is 23.1 Å². The van der Waals surface area contributed by atoms with Gasteiger partial charge in [0.1, 0.15) is 5.52 Å². The third kappa shape index (κ3) is 1.95. The van der Waals surface area contributed by atoms with Crippen LogP contribution in [0.3, 0.4) is 0 Å². The molecule has 0 saturated carbocycles. The second-order valence-corrected chi connectivity index (χ2v) is 5.41. The monoisotopic (exact) mass is 313 g/mol. The number of nitrogens with zero attached hydrogens (tertiary/aromatic N) is 6. The molecule has 0 radical (unpaired) electrons. The van der Waals surface area contributed by atoms with Gasteiger partial charge < -0.3 is 0 Å². The summed E-state index contributed by atoms with van der Waals surface area (Å²) in [6.45, 7) is 0. The highest BCUT2D eigenvalue weighted by Gasteiger charge is 2.11. The van der Waals surface area contributed by atoms with Gasteiger partial charge in [0, 0.05) is 23.3 Å². The van der Waals surface area contributed by atoms with Crippen LogP contribution < -0.4 is 0 Å². The Hall–Kier alpha value is -3.61. The van der Waals surface area contributed by atoms with Crippen LogP contribution in [0.4, 0.5) is 0 Å². The zero-order valence-electron chi connectivity index (χ0n) is 12.5. The Bertz CT molecular complexity index is 1160. The topological polar surface area (TPSA) is 85.2 Å². The highest BCUT2D eigenvalue weighted by molar-refractivity contribution is 5.82. The summed E-state index contributed by atoms with van der Waals surface area (Å²) in [5, 5.41) is 16.3. The van der Waals surface area contributed by atoms with Gasteiger partial charge in [0.2, 0.25) is 0 Å². The molecule has 0 amide bonds. The molecule has 0 unspecified atom stereocenters. The summed E-state index contributed by atoms with van der Waals surface area (Å²) in [4.78, 5) is 9.04. The van der Waals surface area contributed by atoms with Crippen LogP contribution in [-0.4, -0.2) is 35.2 Å². The van der Waals surface area contributed by atoms with Crippen molar-refractivity contribution in [3.8, 4) is 16.9 Å². The average molecular weight is 313 g/mol. The minimum Gasteiger partial charge on any atom is -0.285 e. The van der Waals surface area contributed by atoms with E-state index in [1.165, 1.54) is 0 Å². The molecule has 0 fully saturated rings. The van der Waals surface area contributed by atoms with Gasteiger partial charge in [-0.05, 0) is 36.4 Å². The summed E-state index contributed by atoms with van der Waals surface area (Å²) in [6, 6.07) is 13.7. The summed E-state index contributed by atoms with van der Waals surface area (Å²) < 4.78 is 1.74. The molecular weight excluding hydrogens is 302 g/mol. The van der Waals surface area contributed by atoms with Gasteiger partial charge in [-0.2, -0.15) is 9.78 Å². The van der Waals surface area contributed by atoms with Crippen LogP contribution in [0.15, 0.2) is 61.1 Å².